The van der Waals surface area contributed by atoms with Gasteiger partial charge in [-0.05, 0) is 24.3 Å². The maximum absolute atomic E-state index is 14.2. The first-order chi connectivity index (χ1) is 12.2. The number of hydrogen-bond donors (Lipinski definition) is 1. The van der Waals surface area contributed by atoms with Crippen LogP contribution in [0, 0.1) is 5.82 Å². The molecule has 0 aliphatic heterocycles. The van der Waals surface area contributed by atoms with Crippen LogP contribution in [0.3, 0.4) is 0 Å². The van der Waals surface area contributed by atoms with E-state index in [1.807, 2.05) is 24.3 Å². The lowest BCUT2D eigenvalue weighted by Crippen LogP contribution is -2.12. The molecule has 0 saturated heterocycles. The van der Waals surface area contributed by atoms with Crippen LogP contribution in [-0.2, 0) is 11.3 Å². The van der Waals surface area contributed by atoms with Crippen molar-refractivity contribution in [2.45, 2.75) is 6.61 Å². The van der Waals surface area contributed by atoms with Crippen LogP contribution in [-0.4, -0.2) is 18.0 Å². The highest BCUT2D eigenvalue weighted by molar-refractivity contribution is 7.23. The SMILES string of the molecule is COCc1c(C(=O)Nc2nc3ccccc3s2)sc2cccc(F)c12. The Bertz CT molecular complexity index is 1050. The highest BCUT2D eigenvalue weighted by Gasteiger charge is 2.21. The molecular formula is C18H13FN2O2S2. The zero-order valence-electron chi connectivity index (χ0n) is 13.2. The van der Waals surface area contributed by atoms with Crippen molar-refractivity contribution in [1.82, 2.24) is 4.98 Å². The number of carbonyl (C=O) groups excluding carboxylic acids is 1. The van der Waals surface area contributed by atoms with E-state index in [4.69, 9.17) is 4.74 Å². The van der Waals surface area contributed by atoms with Crippen LogP contribution in [0.25, 0.3) is 20.3 Å². The second-order valence-corrected chi connectivity index (χ2v) is 7.48. The summed E-state index contributed by atoms with van der Waals surface area (Å²) in [4.78, 5) is 17.6. The number of nitrogens with one attached hydrogen (secondary N) is 1. The van der Waals surface area contributed by atoms with Crippen LogP contribution >= 0.6 is 22.7 Å². The number of carbonyl (C=O) groups is 1. The molecule has 0 aliphatic rings. The number of halogens is 1. The molecule has 2 aromatic carbocycles. The van der Waals surface area contributed by atoms with E-state index in [2.05, 4.69) is 10.3 Å². The average molecular weight is 372 g/mol. The van der Waals surface area contributed by atoms with Crippen molar-refractivity contribution in [3.63, 3.8) is 0 Å². The molecule has 4 aromatic rings. The first-order valence-electron chi connectivity index (χ1n) is 7.53. The predicted molar refractivity (Wildman–Crippen MR) is 100 cm³/mol. The zero-order chi connectivity index (χ0) is 17.4. The summed E-state index contributed by atoms with van der Waals surface area (Å²) in [6.07, 6.45) is 0. The summed E-state index contributed by atoms with van der Waals surface area (Å²) in [5, 5.41) is 3.80. The van der Waals surface area contributed by atoms with Crippen molar-refractivity contribution < 1.29 is 13.9 Å². The highest BCUT2D eigenvalue weighted by atomic mass is 32.1. The van der Waals surface area contributed by atoms with Crippen LogP contribution in [0.4, 0.5) is 9.52 Å². The van der Waals surface area contributed by atoms with E-state index in [-0.39, 0.29) is 18.3 Å². The molecule has 25 heavy (non-hydrogen) atoms. The van der Waals surface area contributed by atoms with Gasteiger partial charge in [-0.1, -0.05) is 29.5 Å². The molecule has 1 amide bonds. The summed E-state index contributed by atoms with van der Waals surface area (Å²) < 4.78 is 21.1. The molecule has 0 spiro atoms. The normalized spacial score (nSPS) is 11.3. The first-order valence-corrected chi connectivity index (χ1v) is 9.16. The maximum Gasteiger partial charge on any atom is 0.267 e. The molecule has 4 nitrogen and oxygen atoms in total. The van der Waals surface area contributed by atoms with Crippen LogP contribution in [0.1, 0.15) is 15.2 Å². The lowest BCUT2D eigenvalue weighted by molar-refractivity contribution is 0.102. The van der Waals surface area contributed by atoms with Gasteiger partial charge in [-0.15, -0.1) is 11.3 Å². The molecule has 0 radical (unpaired) electrons. The molecule has 7 heteroatoms. The Morgan fingerprint density at radius 2 is 1.96 bits per heavy atom. The molecule has 1 N–H and O–H groups in total. The second kappa shape index (κ2) is 6.51. The highest BCUT2D eigenvalue weighted by Crippen LogP contribution is 2.35. The third kappa shape index (κ3) is 2.90. The fraction of sp³-hybridized carbons (Fsp3) is 0.111. The van der Waals surface area contributed by atoms with Crippen molar-refractivity contribution in [2.75, 3.05) is 12.4 Å². The summed E-state index contributed by atoms with van der Waals surface area (Å²) >= 11 is 2.66. The molecule has 0 bridgehead atoms. The summed E-state index contributed by atoms with van der Waals surface area (Å²) in [5.74, 6) is -0.647. The third-order valence-corrected chi connectivity index (χ3v) is 5.92. The molecule has 0 saturated carbocycles. The van der Waals surface area contributed by atoms with E-state index in [1.54, 1.807) is 12.1 Å². The van der Waals surface area contributed by atoms with Gasteiger partial charge in [0.2, 0.25) is 0 Å². The van der Waals surface area contributed by atoms with Gasteiger partial charge in [0.25, 0.3) is 5.91 Å². The van der Waals surface area contributed by atoms with Gasteiger partial charge in [-0.3, -0.25) is 10.1 Å². The number of amides is 1. The number of thiazole rings is 1. The van der Waals surface area contributed by atoms with Crippen molar-refractivity contribution in [1.29, 1.82) is 0 Å². The number of benzene rings is 2. The first kappa shape index (κ1) is 16.1. The monoisotopic (exact) mass is 372 g/mol. The molecule has 0 aliphatic carbocycles. The Labute approximate surface area is 150 Å². The van der Waals surface area contributed by atoms with Crippen LogP contribution < -0.4 is 5.32 Å². The molecule has 0 fully saturated rings. The van der Waals surface area contributed by atoms with Gasteiger partial charge in [-0.2, -0.15) is 0 Å². The van der Waals surface area contributed by atoms with E-state index in [0.29, 0.717) is 21.0 Å². The van der Waals surface area contributed by atoms with Crippen molar-refractivity contribution in [2.24, 2.45) is 0 Å². The third-order valence-electron chi connectivity index (χ3n) is 3.77. The Morgan fingerprint density at radius 3 is 2.76 bits per heavy atom. The van der Waals surface area contributed by atoms with E-state index >= 15 is 0 Å². The minimum absolute atomic E-state index is 0.170. The number of fused-ring (bicyclic) bond motifs is 2. The molecule has 2 aromatic heterocycles. The second-order valence-electron chi connectivity index (χ2n) is 5.40. The molecule has 0 atom stereocenters. The number of nitrogens with zero attached hydrogens (tertiary/aromatic N) is 1. The predicted octanol–water partition coefficient (Wildman–Crippen LogP) is 5.05. The van der Waals surface area contributed by atoms with Crippen molar-refractivity contribution in [3.8, 4) is 0 Å². The minimum Gasteiger partial charge on any atom is -0.380 e. The quantitative estimate of drug-likeness (QED) is 0.545. The standard InChI is InChI=1S/C18H13FN2O2S2/c1-23-9-10-15-11(19)5-4-8-14(15)24-16(10)17(22)21-18-20-12-6-2-3-7-13(12)25-18/h2-8H,9H2,1H3,(H,20,21,22). The van der Waals surface area contributed by atoms with E-state index in [1.165, 1.54) is 35.8 Å². The number of para-hydroxylation sites is 1. The topological polar surface area (TPSA) is 51.2 Å². The van der Waals surface area contributed by atoms with Gasteiger partial charge in [0.1, 0.15) is 5.82 Å². The lowest BCUT2D eigenvalue weighted by atomic mass is 10.1. The Balaban J connectivity index is 1.74. The molecule has 2 heterocycles. The van der Waals surface area contributed by atoms with E-state index in [0.717, 1.165) is 14.9 Å². The van der Waals surface area contributed by atoms with Crippen molar-refractivity contribution >= 4 is 54.0 Å². The fourth-order valence-corrected chi connectivity index (χ4v) is 4.69. The largest absolute Gasteiger partial charge is 0.380 e. The van der Waals surface area contributed by atoms with E-state index in [9.17, 15) is 9.18 Å². The maximum atomic E-state index is 14.2. The van der Waals surface area contributed by atoms with Gasteiger partial charge in [0.05, 0.1) is 21.7 Å². The van der Waals surface area contributed by atoms with Crippen LogP contribution in [0.5, 0.6) is 0 Å². The molecule has 4 rings (SSSR count). The number of hydrogen-bond acceptors (Lipinski definition) is 5. The number of anilines is 1. The van der Waals surface area contributed by atoms with Crippen molar-refractivity contribution in [3.05, 3.63) is 58.7 Å². The van der Waals surface area contributed by atoms with Gasteiger partial charge < -0.3 is 4.74 Å². The molecular weight excluding hydrogens is 359 g/mol. The number of methoxy groups -OCH3 is 1. The Hall–Kier alpha value is -2.35. The lowest BCUT2D eigenvalue weighted by Gasteiger charge is -2.04. The number of rotatable bonds is 4. The smallest absolute Gasteiger partial charge is 0.267 e. The Morgan fingerprint density at radius 1 is 1.16 bits per heavy atom. The summed E-state index contributed by atoms with van der Waals surface area (Å²) in [5.41, 5.74) is 1.40. The Kier molecular flexibility index (Phi) is 4.20. The number of aromatic nitrogens is 1. The zero-order valence-corrected chi connectivity index (χ0v) is 14.8. The molecule has 126 valence electrons. The van der Waals surface area contributed by atoms with Gasteiger partial charge in [-0.25, -0.2) is 9.37 Å². The van der Waals surface area contributed by atoms with Gasteiger partial charge in [0, 0.05) is 22.8 Å². The summed E-state index contributed by atoms with van der Waals surface area (Å²) in [6, 6.07) is 12.5. The van der Waals surface area contributed by atoms with Gasteiger partial charge in [0.15, 0.2) is 5.13 Å². The summed E-state index contributed by atoms with van der Waals surface area (Å²) in [7, 11) is 1.53. The van der Waals surface area contributed by atoms with E-state index < -0.39 is 0 Å². The van der Waals surface area contributed by atoms with Crippen LogP contribution in [0.2, 0.25) is 0 Å². The molecule has 0 unspecified atom stereocenters. The van der Waals surface area contributed by atoms with Crippen LogP contribution in [0.15, 0.2) is 42.5 Å². The van der Waals surface area contributed by atoms with Gasteiger partial charge >= 0.3 is 0 Å². The average Bonchev–Trinajstić information content (AvgIpc) is 3.17. The summed E-state index contributed by atoms with van der Waals surface area (Å²) in [6.45, 7) is 0.170. The number of thiophene rings is 1. The fourth-order valence-electron chi connectivity index (χ4n) is 2.71. The minimum atomic E-state index is -0.347. The number of ether oxygens (including phenoxy) is 1.